The van der Waals surface area contributed by atoms with Gasteiger partial charge in [0.05, 0.1) is 25.1 Å². The van der Waals surface area contributed by atoms with Gasteiger partial charge in [0.25, 0.3) is 11.6 Å². The van der Waals surface area contributed by atoms with Crippen LogP contribution in [0.1, 0.15) is 23.7 Å². The molecule has 176 valence electrons. The number of rotatable bonds is 10. The molecule has 0 heterocycles. The lowest BCUT2D eigenvalue weighted by Crippen LogP contribution is -2.26. The van der Waals surface area contributed by atoms with E-state index in [0.29, 0.717) is 22.6 Å². The summed E-state index contributed by atoms with van der Waals surface area (Å²) in [5.41, 5.74) is 0.867. The molecule has 0 fully saturated rings. The highest BCUT2D eigenvalue weighted by atomic mass is 16.6. The van der Waals surface area contributed by atoms with E-state index in [0.717, 1.165) is 0 Å². The van der Waals surface area contributed by atoms with Crippen molar-refractivity contribution >= 4 is 23.3 Å². The first-order chi connectivity index (χ1) is 16.4. The number of carbonyl (C=O) groups excluding carboxylic acids is 2. The maximum absolute atomic E-state index is 13.0. The molecule has 9 nitrogen and oxygen atoms in total. The number of carbonyl (C=O) groups is 2. The number of nitro groups is 1. The number of nitrogens with one attached hydrogen (secondary N) is 1. The molecule has 0 spiro atoms. The van der Waals surface area contributed by atoms with Crippen molar-refractivity contribution in [3.63, 3.8) is 0 Å². The molecule has 0 radical (unpaired) electrons. The summed E-state index contributed by atoms with van der Waals surface area (Å²) in [5, 5.41) is 13.9. The Morgan fingerprint density at radius 2 is 1.68 bits per heavy atom. The molecule has 1 unspecified atom stereocenters. The molecule has 3 aromatic carbocycles. The van der Waals surface area contributed by atoms with Crippen molar-refractivity contribution in [1.82, 2.24) is 0 Å². The third kappa shape index (κ3) is 6.55. The fourth-order valence-corrected chi connectivity index (χ4v) is 3.11. The number of hydrogen-bond acceptors (Lipinski definition) is 7. The minimum Gasteiger partial charge on any atom is -0.497 e. The summed E-state index contributed by atoms with van der Waals surface area (Å²) in [7, 11) is 1.56. The van der Waals surface area contributed by atoms with Crippen LogP contribution in [0.4, 0.5) is 11.4 Å². The highest BCUT2D eigenvalue weighted by Crippen LogP contribution is 2.28. The van der Waals surface area contributed by atoms with Crippen LogP contribution in [-0.4, -0.2) is 30.5 Å². The molecule has 34 heavy (non-hydrogen) atoms. The van der Waals surface area contributed by atoms with Crippen molar-refractivity contribution < 1.29 is 28.7 Å². The second kappa shape index (κ2) is 11.5. The third-order valence-corrected chi connectivity index (χ3v) is 4.83. The van der Waals surface area contributed by atoms with Gasteiger partial charge < -0.3 is 19.5 Å². The van der Waals surface area contributed by atoms with Crippen molar-refractivity contribution in [2.75, 3.05) is 19.0 Å². The van der Waals surface area contributed by atoms with E-state index in [-0.39, 0.29) is 24.4 Å². The number of hydrogen-bond donors (Lipinski definition) is 1. The number of ether oxygens (including phenoxy) is 3. The lowest BCUT2D eigenvalue weighted by atomic mass is 10.1. The van der Waals surface area contributed by atoms with Gasteiger partial charge in [0.2, 0.25) is 6.10 Å². The highest BCUT2D eigenvalue weighted by Gasteiger charge is 2.27. The zero-order chi connectivity index (χ0) is 24.5. The number of methoxy groups -OCH3 is 1. The third-order valence-electron chi connectivity index (χ3n) is 4.83. The Morgan fingerprint density at radius 1 is 1.00 bits per heavy atom. The predicted octanol–water partition coefficient (Wildman–Crippen LogP) is 4.60. The minimum absolute atomic E-state index is 0.0143. The number of nitrogens with zero attached hydrogens (tertiary/aromatic N) is 1. The Kier molecular flexibility index (Phi) is 8.17. The first-order valence-electron chi connectivity index (χ1n) is 10.4. The van der Waals surface area contributed by atoms with Crippen molar-refractivity contribution in [2.24, 2.45) is 0 Å². The Bertz CT molecular complexity index is 1150. The molecule has 0 aliphatic heterocycles. The van der Waals surface area contributed by atoms with Gasteiger partial charge in [-0.2, -0.15) is 0 Å². The van der Waals surface area contributed by atoms with Gasteiger partial charge in [-0.05, 0) is 42.8 Å². The summed E-state index contributed by atoms with van der Waals surface area (Å²) in [6, 6.07) is 19.7. The average Bonchev–Trinajstić information content (AvgIpc) is 2.84. The summed E-state index contributed by atoms with van der Waals surface area (Å²) < 4.78 is 16.1. The number of esters is 1. The average molecular weight is 464 g/mol. The second-order valence-corrected chi connectivity index (χ2v) is 7.32. The Hall–Kier alpha value is -4.40. The predicted molar refractivity (Wildman–Crippen MR) is 125 cm³/mol. The Morgan fingerprint density at radius 3 is 2.32 bits per heavy atom. The van der Waals surface area contributed by atoms with E-state index < -0.39 is 22.9 Å². The van der Waals surface area contributed by atoms with Crippen LogP contribution >= 0.6 is 0 Å². The second-order valence-electron chi connectivity index (χ2n) is 7.32. The van der Waals surface area contributed by atoms with Gasteiger partial charge in [-0.1, -0.05) is 36.4 Å². The van der Waals surface area contributed by atoms with Crippen LogP contribution in [0, 0.1) is 17.0 Å². The molecule has 0 saturated heterocycles. The Balaban J connectivity index is 1.68. The van der Waals surface area contributed by atoms with Gasteiger partial charge in [0.15, 0.2) is 0 Å². The number of amides is 1. The maximum atomic E-state index is 13.0. The quantitative estimate of drug-likeness (QED) is 0.265. The van der Waals surface area contributed by atoms with E-state index in [9.17, 15) is 19.7 Å². The highest BCUT2D eigenvalue weighted by molar-refractivity contribution is 5.97. The summed E-state index contributed by atoms with van der Waals surface area (Å²) in [6.07, 6.45) is -1.40. The molecule has 0 aromatic heterocycles. The van der Waals surface area contributed by atoms with Crippen LogP contribution < -0.4 is 14.8 Å². The monoisotopic (exact) mass is 464 g/mol. The van der Waals surface area contributed by atoms with Crippen LogP contribution in [0.3, 0.4) is 0 Å². The molecule has 1 atom stereocenters. The fourth-order valence-electron chi connectivity index (χ4n) is 3.11. The summed E-state index contributed by atoms with van der Waals surface area (Å²) in [4.78, 5) is 36.3. The molecular formula is C25H24N2O7. The van der Waals surface area contributed by atoms with Gasteiger partial charge in [0, 0.05) is 11.6 Å². The standard InChI is InChI=1S/C25H24N2O7/c1-17-8-13-21(22(16-17)27(30)31)26-25(29)24(18-6-4-3-5-7-18)34-23(28)14-15-33-20-11-9-19(32-2)10-12-20/h3-13,16,24H,14-15H2,1-2H3,(H,26,29). The summed E-state index contributed by atoms with van der Waals surface area (Å²) in [6.45, 7) is 1.75. The molecule has 1 N–H and O–H groups in total. The summed E-state index contributed by atoms with van der Waals surface area (Å²) in [5.74, 6) is -0.131. The van der Waals surface area contributed by atoms with Crippen LogP contribution in [0.2, 0.25) is 0 Å². The van der Waals surface area contributed by atoms with Gasteiger partial charge in [-0.25, -0.2) is 0 Å². The van der Waals surface area contributed by atoms with Gasteiger partial charge >= 0.3 is 5.97 Å². The molecule has 3 rings (SSSR count). The molecule has 0 saturated carbocycles. The Labute approximate surface area is 196 Å². The maximum Gasteiger partial charge on any atom is 0.310 e. The van der Waals surface area contributed by atoms with Crippen LogP contribution in [-0.2, 0) is 14.3 Å². The van der Waals surface area contributed by atoms with Crippen LogP contribution in [0.5, 0.6) is 11.5 Å². The molecular weight excluding hydrogens is 440 g/mol. The van der Waals surface area contributed by atoms with Gasteiger partial charge in [-0.15, -0.1) is 0 Å². The largest absolute Gasteiger partial charge is 0.497 e. The number of benzene rings is 3. The molecule has 1 amide bonds. The lowest BCUT2D eigenvalue weighted by Gasteiger charge is -2.18. The topological polar surface area (TPSA) is 117 Å². The first kappa shape index (κ1) is 24.2. The van der Waals surface area contributed by atoms with E-state index in [1.54, 1.807) is 74.7 Å². The molecule has 3 aromatic rings. The van der Waals surface area contributed by atoms with Crippen molar-refractivity contribution in [2.45, 2.75) is 19.4 Å². The van der Waals surface area contributed by atoms with E-state index >= 15 is 0 Å². The fraction of sp³-hybridized carbons (Fsp3) is 0.200. The smallest absolute Gasteiger partial charge is 0.310 e. The summed E-state index contributed by atoms with van der Waals surface area (Å²) >= 11 is 0. The van der Waals surface area contributed by atoms with Crippen LogP contribution in [0.25, 0.3) is 0 Å². The lowest BCUT2D eigenvalue weighted by molar-refractivity contribution is -0.384. The molecule has 0 bridgehead atoms. The number of anilines is 1. The first-order valence-corrected chi connectivity index (χ1v) is 10.4. The van der Waals surface area contributed by atoms with Gasteiger partial charge in [-0.3, -0.25) is 19.7 Å². The zero-order valence-electron chi connectivity index (χ0n) is 18.7. The number of aryl methyl sites for hydroxylation is 1. The molecule has 0 aliphatic carbocycles. The van der Waals surface area contributed by atoms with E-state index in [1.807, 2.05) is 0 Å². The number of nitro benzene ring substituents is 1. The SMILES string of the molecule is COc1ccc(OCCC(=O)OC(C(=O)Nc2ccc(C)cc2[N+](=O)[O-])c2ccccc2)cc1. The van der Waals surface area contributed by atoms with Crippen molar-refractivity contribution in [1.29, 1.82) is 0 Å². The van der Waals surface area contributed by atoms with E-state index in [4.69, 9.17) is 14.2 Å². The zero-order valence-corrected chi connectivity index (χ0v) is 18.7. The van der Waals surface area contributed by atoms with E-state index in [2.05, 4.69) is 5.32 Å². The van der Waals surface area contributed by atoms with Crippen LogP contribution in [0.15, 0.2) is 72.8 Å². The van der Waals surface area contributed by atoms with E-state index in [1.165, 1.54) is 12.1 Å². The normalized spacial score (nSPS) is 11.2. The van der Waals surface area contributed by atoms with Gasteiger partial charge in [0.1, 0.15) is 17.2 Å². The molecule has 9 heteroatoms. The molecule has 0 aliphatic rings. The van der Waals surface area contributed by atoms with Crippen molar-refractivity contribution in [3.05, 3.63) is 94.0 Å². The minimum atomic E-state index is -1.30. The van der Waals surface area contributed by atoms with Crippen molar-refractivity contribution in [3.8, 4) is 11.5 Å².